The van der Waals surface area contributed by atoms with Gasteiger partial charge >= 0.3 is 0 Å². The fourth-order valence-electron chi connectivity index (χ4n) is 3.61. The minimum atomic E-state index is -0.300. The second kappa shape index (κ2) is 12.2. The van der Waals surface area contributed by atoms with Crippen LogP contribution in [0, 0.1) is 0 Å². The highest BCUT2D eigenvalue weighted by molar-refractivity contribution is 7.14. The second-order valence-corrected chi connectivity index (χ2v) is 9.59. The quantitative estimate of drug-likeness (QED) is 0.150. The maximum Gasteiger partial charge on any atom is 0.271 e. The van der Waals surface area contributed by atoms with E-state index in [2.05, 4.69) is 20.8 Å². The molecule has 0 bridgehead atoms. The number of aromatic nitrogens is 1. The summed E-state index contributed by atoms with van der Waals surface area (Å²) in [5.41, 5.74) is 7.61. The Morgan fingerprint density at radius 1 is 0.947 bits per heavy atom. The van der Waals surface area contributed by atoms with Crippen molar-refractivity contribution in [2.75, 3.05) is 5.32 Å². The molecule has 5 rings (SSSR count). The van der Waals surface area contributed by atoms with E-state index in [4.69, 9.17) is 16.3 Å². The summed E-state index contributed by atoms with van der Waals surface area (Å²) >= 11 is 7.56. The molecule has 2 N–H and O–H groups in total. The summed E-state index contributed by atoms with van der Waals surface area (Å²) in [6.07, 6.45) is 1.58. The van der Waals surface area contributed by atoms with E-state index in [1.54, 1.807) is 18.3 Å². The standard InChI is InChI=1S/C30H23ClN4O2S/c31-25-8-4-7-22(16-25)19-37-27-11-5-6-21(17-27)18-32-35-29(36)24-14-12-23(13-15-24)28-20-38-30(34-28)33-26-9-2-1-3-10-26/h1-18,20H,19H2,(H,33,34)(H,35,36)/b32-18-. The van der Waals surface area contributed by atoms with Gasteiger partial charge in [-0.05, 0) is 59.7 Å². The molecule has 0 saturated heterocycles. The average Bonchev–Trinajstić information content (AvgIpc) is 3.41. The SMILES string of the molecule is O=C(N/N=C\c1cccc(OCc2cccc(Cl)c2)c1)c1ccc(-c2csc(Nc3ccccc3)n2)cc1. The number of hydrazone groups is 1. The van der Waals surface area contributed by atoms with E-state index in [9.17, 15) is 4.79 Å². The predicted molar refractivity (Wildman–Crippen MR) is 155 cm³/mol. The Labute approximate surface area is 229 Å². The van der Waals surface area contributed by atoms with Gasteiger partial charge in [-0.3, -0.25) is 4.79 Å². The van der Waals surface area contributed by atoms with Crippen molar-refractivity contribution in [1.29, 1.82) is 0 Å². The minimum Gasteiger partial charge on any atom is -0.489 e. The fraction of sp³-hybridized carbons (Fsp3) is 0.0333. The number of anilines is 2. The van der Waals surface area contributed by atoms with Crippen molar-refractivity contribution < 1.29 is 9.53 Å². The van der Waals surface area contributed by atoms with E-state index >= 15 is 0 Å². The Hall–Kier alpha value is -4.46. The molecule has 4 aromatic carbocycles. The van der Waals surface area contributed by atoms with E-state index in [-0.39, 0.29) is 5.91 Å². The minimum absolute atomic E-state index is 0.300. The van der Waals surface area contributed by atoms with Gasteiger partial charge in [0, 0.05) is 27.2 Å². The number of nitrogens with one attached hydrogen (secondary N) is 2. The van der Waals surface area contributed by atoms with Crippen molar-refractivity contribution in [3.63, 3.8) is 0 Å². The molecule has 0 atom stereocenters. The van der Waals surface area contributed by atoms with Crippen LogP contribution in [0.2, 0.25) is 5.02 Å². The number of carbonyl (C=O) groups is 1. The number of nitrogens with zero attached hydrogens (tertiary/aromatic N) is 2. The average molecular weight is 539 g/mol. The van der Waals surface area contributed by atoms with Crippen LogP contribution in [0.15, 0.2) is 114 Å². The highest BCUT2D eigenvalue weighted by Gasteiger charge is 2.08. The summed E-state index contributed by atoms with van der Waals surface area (Å²) < 4.78 is 5.85. The first-order chi connectivity index (χ1) is 18.6. The molecule has 0 unspecified atom stereocenters. The first-order valence-corrected chi connectivity index (χ1v) is 13.1. The van der Waals surface area contributed by atoms with Crippen molar-refractivity contribution in [2.24, 2.45) is 5.10 Å². The normalized spacial score (nSPS) is 10.9. The second-order valence-electron chi connectivity index (χ2n) is 8.30. The van der Waals surface area contributed by atoms with Crippen molar-refractivity contribution in [1.82, 2.24) is 10.4 Å². The van der Waals surface area contributed by atoms with Crippen LogP contribution in [0.5, 0.6) is 5.75 Å². The van der Waals surface area contributed by atoms with Crippen LogP contribution in [0.3, 0.4) is 0 Å². The molecule has 1 amide bonds. The molecular weight excluding hydrogens is 516 g/mol. The first-order valence-electron chi connectivity index (χ1n) is 11.8. The Morgan fingerprint density at radius 3 is 2.58 bits per heavy atom. The maximum atomic E-state index is 12.6. The smallest absolute Gasteiger partial charge is 0.271 e. The Balaban J connectivity index is 1.15. The number of hydrogen-bond acceptors (Lipinski definition) is 6. The molecule has 0 saturated carbocycles. The maximum absolute atomic E-state index is 12.6. The highest BCUT2D eigenvalue weighted by Crippen LogP contribution is 2.27. The monoisotopic (exact) mass is 538 g/mol. The Bertz CT molecular complexity index is 1550. The third kappa shape index (κ3) is 6.85. The third-order valence-corrected chi connectivity index (χ3v) is 6.50. The van der Waals surface area contributed by atoms with Gasteiger partial charge in [0.25, 0.3) is 5.91 Å². The van der Waals surface area contributed by atoms with Crippen LogP contribution in [0.4, 0.5) is 10.8 Å². The molecule has 0 spiro atoms. The molecule has 8 heteroatoms. The van der Waals surface area contributed by atoms with Crippen molar-refractivity contribution in [3.8, 4) is 17.0 Å². The molecule has 1 heterocycles. The van der Waals surface area contributed by atoms with Crippen LogP contribution in [-0.4, -0.2) is 17.1 Å². The van der Waals surface area contributed by atoms with Gasteiger partial charge in [-0.25, -0.2) is 10.4 Å². The predicted octanol–water partition coefficient (Wildman–Crippen LogP) is 7.55. The number of thiazole rings is 1. The largest absolute Gasteiger partial charge is 0.489 e. The number of benzene rings is 4. The molecule has 0 aliphatic heterocycles. The summed E-state index contributed by atoms with van der Waals surface area (Å²) in [5.74, 6) is 0.394. The molecule has 0 aliphatic rings. The van der Waals surface area contributed by atoms with Crippen LogP contribution in [-0.2, 0) is 6.61 Å². The number of ether oxygens (including phenoxy) is 1. The van der Waals surface area contributed by atoms with Crippen LogP contribution in [0.1, 0.15) is 21.5 Å². The zero-order valence-electron chi connectivity index (χ0n) is 20.2. The van der Waals surface area contributed by atoms with E-state index < -0.39 is 0 Å². The summed E-state index contributed by atoms with van der Waals surface area (Å²) in [5, 5.41) is 10.9. The molecule has 0 radical (unpaired) electrons. The molecule has 1 aromatic heterocycles. The van der Waals surface area contributed by atoms with Crippen molar-refractivity contribution in [2.45, 2.75) is 6.61 Å². The summed E-state index contributed by atoms with van der Waals surface area (Å²) in [6.45, 7) is 0.402. The van der Waals surface area contributed by atoms with E-state index in [1.807, 2.05) is 96.4 Å². The van der Waals surface area contributed by atoms with Gasteiger partial charge in [-0.15, -0.1) is 11.3 Å². The first kappa shape index (κ1) is 25.2. The topological polar surface area (TPSA) is 75.6 Å². The molecular formula is C30H23ClN4O2S. The number of rotatable bonds is 9. The lowest BCUT2D eigenvalue weighted by Crippen LogP contribution is -2.17. The number of carbonyl (C=O) groups excluding carboxylic acids is 1. The number of halogens is 1. The summed E-state index contributed by atoms with van der Waals surface area (Å²) in [4.78, 5) is 17.2. The van der Waals surface area contributed by atoms with Crippen LogP contribution >= 0.6 is 22.9 Å². The molecule has 5 aromatic rings. The zero-order valence-corrected chi connectivity index (χ0v) is 21.7. The molecule has 0 fully saturated rings. The Morgan fingerprint density at radius 2 is 1.76 bits per heavy atom. The van der Waals surface area contributed by atoms with E-state index in [1.165, 1.54) is 11.3 Å². The third-order valence-electron chi connectivity index (χ3n) is 5.50. The van der Waals surface area contributed by atoms with Crippen LogP contribution in [0.25, 0.3) is 11.3 Å². The lowest BCUT2D eigenvalue weighted by molar-refractivity contribution is 0.0955. The van der Waals surface area contributed by atoms with E-state index in [0.717, 1.165) is 33.2 Å². The lowest BCUT2D eigenvalue weighted by Gasteiger charge is -2.07. The Kier molecular flexibility index (Phi) is 8.08. The number of amides is 1. The highest BCUT2D eigenvalue weighted by atomic mass is 35.5. The lowest BCUT2D eigenvalue weighted by atomic mass is 10.1. The molecule has 38 heavy (non-hydrogen) atoms. The fourth-order valence-corrected chi connectivity index (χ4v) is 4.56. The summed E-state index contributed by atoms with van der Waals surface area (Å²) in [7, 11) is 0. The van der Waals surface area contributed by atoms with Gasteiger partial charge in [-0.2, -0.15) is 5.10 Å². The van der Waals surface area contributed by atoms with Crippen molar-refractivity contribution >= 4 is 45.9 Å². The van der Waals surface area contributed by atoms with Gasteiger partial charge in [0.1, 0.15) is 12.4 Å². The van der Waals surface area contributed by atoms with E-state index in [0.29, 0.717) is 22.9 Å². The summed E-state index contributed by atoms with van der Waals surface area (Å²) in [6, 6.07) is 32.2. The number of hydrogen-bond donors (Lipinski definition) is 2. The molecule has 188 valence electrons. The van der Waals surface area contributed by atoms with Gasteiger partial charge < -0.3 is 10.1 Å². The van der Waals surface area contributed by atoms with Gasteiger partial charge in [-0.1, -0.05) is 66.2 Å². The van der Waals surface area contributed by atoms with Crippen molar-refractivity contribution in [3.05, 3.63) is 130 Å². The molecule has 0 aliphatic carbocycles. The molecule has 6 nitrogen and oxygen atoms in total. The zero-order chi connectivity index (χ0) is 26.2. The van der Waals surface area contributed by atoms with Crippen LogP contribution < -0.4 is 15.5 Å². The van der Waals surface area contributed by atoms with Gasteiger partial charge in [0.05, 0.1) is 11.9 Å². The van der Waals surface area contributed by atoms with Gasteiger partial charge in [0.15, 0.2) is 5.13 Å². The van der Waals surface area contributed by atoms with Gasteiger partial charge in [0.2, 0.25) is 0 Å². The number of para-hydroxylation sites is 1.